The van der Waals surface area contributed by atoms with Crippen molar-refractivity contribution in [3.8, 4) is 6.07 Å². The van der Waals surface area contributed by atoms with Gasteiger partial charge in [-0.05, 0) is 25.9 Å². The third-order valence-electron chi connectivity index (χ3n) is 3.01. The van der Waals surface area contributed by atoms with Crippen molar-refractivity contribution >= 4 is 11.3 Å². The van der Waals surface area contributed by atoms with E-state index in [2.05, 4.69) is 16.0 Å². The van der Waals surface area contributed by atoms with Gasteiger partial charge in [0.2, 0.25) is 0 Å². The SMILES string of the molecule is N#Cc1csc(CCN2CCCCCC2)n1. The third-order valence-corrected chi connectivity index (χ3v) is 3.92. The lowest BCUT2D eigenvalue weighted by molar-refractivity contribution is 0.288. The minimum absolute atomic E-state index is 0.566. The molecule has 2 heterocycles. The number of likely N-dealkylation sites (tertiary alicyclic amines) is 1. The molecular formula is C12H17N3S. The van der Waals surface area contributed by atoms with Crippen LogP contribution >= 0.6 is 11.3 Å². The molecule has 0 atom stereocenters. The van der Waals surface area contributed by atoms with Crippen molar-refractivity contribution < 1.29 is 0 Å². The minimum atomic E-state index is 0.566. The van der Waals surface area contributed by atoms with Gasteiger partial charge in [-0.3, -0.25) is 0 Å². The second kappa shape index (κ2) is 5.97. The van der Waals surface area contributed by atoms with Crippen LogP contribution in [0.25, 0.3) is 0 Å². The van der Waals surface area contributed by atoms with E-state index in [-0.39, 0.29) is 0 Å². The van der Waals surface area contributed by atoms with E-state index in [1.165, 1.54) is 38.8 Å². The summed E-state index contributed by atoms with van der Waals surface area (Å²) in [6.45, 7) is 3.56. The molecule has 3 nitrogen and oxygen atoms in total. The molecule has 0 bridgehead atoms. The average molecular weight is 235 g/mol. The van der Waals surface area contributed by atoms with E-state index in [0.717, 1.165) is 18.0 Å². The van der Waals surface area contributed by atoms with Crippen molar-refractivity contribution in [1.82, 2.24) is 9.88 Å². The first-order valence-corrected chi connectivity index (χ1v) is 6.83. The molecule has 0 aliphatic carbocycles. The Kier molecular flexibility index (Phi) is 4.32. The van der Waals surface area contributed by atoms with Gasteiger partial charge in [0.25, 0.3) is 0 Å². The van der Waals surface area contributed by atoms with Gasteiger partial charge in [0.15, 0.2) is 5.69 Å². The van der Waals surface area contributed by atoms with Gasteiger partial charge in [0, 0.05) is 18.3 Å². The number of hydrogen-bond donors (Lipinski definition) is 0. The first-order valence-electron chi connectivity index (χ1n) is 5.95. The average Bonchev–Trinajstić information content (AvgIpc) is 2.61. The van der Waals surface area contributed by atoms with E-state index in [1.54, 1.807) is 11.3 Å². The molecule has 0 spiro atoms. The highest BCUT2D eigenvalue weighted by Gasteiger charge is 2.09. The Balaban J connectivity index is 1.79. The van der Waals surface area contributed by atoms with Crippen LogP contribution in [0.3, 0.4) is 0 Å². The predicted octanol–water partition coefficient (Wildman–Crippen LogP) is 2.43. The summed E-state index contributed by atoms with van der Waals surface area (Å²) < 4.78 is 0. The molecule has 1 aliphatic rings. The Bertz CT molecular complexity index is 359. The summed E-state index contributed by atoms with van der Waals surface area (Å²) >= 11 is 1.61. The summed E-state index contributed by atoms with van der Waals surface area (Å²) in [4.78, 5) is 6.80. The van der Waals surface area contributed by atoms with Crippen LogP contribution in [0.15, 0.2) is 5.38 Å². The van der Waals surface area contributed by atoms with Gasteiger partial charge in [-0.2, -0.15) is 5.26 Å². The van der Waals surface area contributed by atoms with Gasteiger partial charge in [-0.25, -0.2) is 4.98 Å². The van der Waals surface area contributed by atoms with Crippen LogP contribution in [-0.4, -0.2) is 29.5 Å². The fraction of sp³-hybridized carbons (Fsp3) is 0.667. The molecule has 86 valence electrons. The monoisotopic (exact) mass is 235 g/mol. The van der Waals surface area contributed by atoms with E-state index >= 15 is 0 Å². The number of rotatable bonds is 3. The molecule has 0 amide bonds. The zero-order chi connectivity index (χ0) is 11.2. The molecule has 1 aromatic rings. The normalized spacial score (nSPS) is 17.9. The Labute approximate surface area is 101 Å². The Hall–Kier alpha value is -0.920. The van der Waals surface area contributed by atoms with Crippen molar-refractivity contribution in [2.75, 3.05) is 19.6 Å². The van der Waals surface area contributed by atoms with Crippen molar-refractivity contribution in [3.63, 3.8) is 0 Å². The highest BCUT2D eigenvalue weighted by Crippen LogP contribution is 2.13. The van der Waals surface area contributed by atoms with Gasteiger partial charge in [0.1, 0.15) is 6.07 Å². The molecule has 1 aromatic heterocycles. The van der Waals surface area contributed by atoms with Gasteiger partial charge in [-0.1, -0.05) is 12.8 Å². The fourth-order valence-corrected chi connectivity index (χ4v) is 2.80. The second-order valence-electron chi connectivity index (χ2n) is 4.24. The first kappa shape index (κ1) is 11.6. The van der Waals surface area contributed by atoms with Crippen LogP contribution in [-0.2, 0) is 6.42 Å². The zero-order valence-corrected chi connectivity index (χ0v) is 10.3. The number of hydrogen-bond acceptors (Lipinski definition) is 4. The summed E-state index contributed by atoms with van der Waals surface area (Å²) in [6.07, 6.45) is 6.42. The second-order valence-corrected chi connectivity index (χ2v) is 5.19. The molecular weight excluding hydrogens is 218 g/mol. The quantitative estimate of drug-likeness (QED) is 0.808. The van der Waals surface area contributed by atoms with E-state index in [0.29, 0.717) is 5.69 Å². The van der Waals surface area contributed by atoms with Gasteiger partial charge < -0.3 is 4.90 Å². The highest BCUT2D eigenvalue weighted by atomic mass is 32.1. The lowest BCUT2D eigenvalue weighted by Gasteiger charge is -2.18. The molecule has 2 rings (SSSR count). The Morgan fingerprint density at radius 2 is 2.06 bits per heavy atom. The minimum Gasteiger partial charge on any atom is -0.303 e. The van der Waals surface area contributed by atoms with Crippen LogP contribution in [0.4, 0.5) is 0 Å². The zero-order valence-electron chi connectivity index (χ0n) is 9.48. The van der Waals surface area contributed by atoms with Crippen molar-refractivity contribution in [1.29, 1.82) is 5.26 Å². The molecule has 0 N–H and O–H groups in total. The molecule has 0 unspecified atom stereocenters. The highest BCUT2D eigenvalue weighted by molar-refractivity contribution is 7.09. The molecule has 0 aromatic carbocycles. The molecule has 4 heteroatoms. The summed E-state index contributed by atoms with van der Waals surface area (Å²) in [5, 5.41) is 11.6. The number of aromatic nitrogens is 1. The van der Waals surface area contributed by atoms with Crippen LogP contribution in [0.2, 0.25) is 0 Å². The molecule has 1 aliphatic heterocycles. The molecule has 1 fully saturated rings. The Morgan fingerprint density at radius 3 is 2.69 bits per heavy atom. The molecule has 0 saturated carbocycles. The third kappa shape index (κ3) is 3.29. The summed E-state index contributed by atoms with van der Waals surface area (Å²) in [5.41, 5.74) is 0.566. The maximum absolute atomic E-state index is 8.69. The maximum atomic E-state index is 8.69. The van der Waals surface area contributed by atoms with Crippen LogP contribution in [0, 0.1) is 11.3 Å². The van der Waals surface area contributed by atoms with Crippen molar-refractivity contribution in [2.45, 2.75) is 32.1 Å². The van der Waals surface area contributed by atoms with Crippen molar-refractivity contribution in [3.05, 3.63) is 16.1 Å². The lowest BCUT2D eigenvalue weighted by atomic mass is 10.2. The van der Waals surface area contributed by atoms with Crippen LogP contribution in [0.1, 0.15) is 36.4 Å². The van der Waals surface area contributed by atoms with Crippen LogP contribution in [0.5, 0.6) is 0 Å². The first-order chi connectivity index (χ1) is 7.88. The fourth-order valence-electron chi connectivity index (χ4n) is 2.09. The van der Waals surface area contributed by atoms with Gasteiger partial charge in [0.05, 0.1) is 5.01 Å². The van der Waals surface area contributed by atoms with Crippen molar-refractivity contribution in [2.24, 2.45) is 0 Å². The number of nitriles is 1. The molecule has 0 radical (unpaired) electrons. The smallest absolute Gasteiger partial charge is 0.151 e. The molecule has 16 heavy (non-hydrogen) atoms. The largest absolute Gasteiger partial charge is 0.303 e. The van der Waals surface area contributed by atoms with E-state index in [4.69, 9.17) is 5.26 Å². The number of thiazole rings is 1. The standard InChI is InChI=1S/C12H17N3S/c13-9-11-10-16-12(14-11)5-8-15-6-3-1-2-4-7-15/h10H,1-8H2. The van der Waals surface area contributed by atoms with Crippen LogP contribution < -0.4 is 0 Å². The molecule has 1 saturated heterocycles. The van der Waals surface area contributed by atoms with E-state index in [1.807, 2.05) is 5.38 Å². The summed E-state index contributed by atoms with van der Waals surface area (Å²) in [7, 11) is 0. The van der Waals surface area contributed by atoms with E-state index < -0.39 is 0 Å². The lowest BCUT2D eigenvalue weighted by Crippen LogP contribution is -2.26. The van der Waals surface area contributed by atoms with E-state index in [9.17, 15) is 0 Å². The topological polar surface area (TPSA) is 39.9 Å². The maximum Gasteiger partial charge on any atom is 0.151 e. The summed E-state index contributed by atoms with van der Waals surface area (Å²) in [5.74, 6) is 0. The summed E-state index contributed by atoms with van der Waals surface area (Å²) in [6, 6.07) is 2.08. The van der Waals surface area contributed by atoms with Gasteiger partial charge in [-0.15, -0.1) is 11.3 Å². The Morgan fingerprint density at radius 1 is 1.31 bits per heavy atom. The number of nitrogens with zero attached hydrogens (tertiary/aromatic N) is 3. The predicted molar refractivity (Wildman–Crippen MR) is 65.4 cm³/mol. The van der Waals surface area contributed by atoms with Gasteiger partial charge >= 0.3 is 0 Å².